The third-order valence-electron chi connectivity index (χ3n) is 3.67. The summed E-state index contributed by atoms with van der Waals surface area (Å²) in [6.07, 6.45) is 1.12. The fourth-order valence-electron chi connectivity index (χ4n) is 2.29. The first-order valence-electron chi connectivity index (χ1n) is 8.25. The highest BCUT2D eigenvalue weighted by Gasteiger charge is 2.25. The van der Waals surface area contributed by atoms with Crippen LogP contribution in [-0.2, 0) is 9.53 Å². The van der Waals surface area contributed by atoms with Crippen LogP contribution in [0.25, 0.3) is 0 Å². The Bertz CT molecular complexity index is 369. The highest BCUT2D eigenvalue weighted by Crippen LogP contribution is 2.16. The molecule has 0 bridgehead atoms. The number of carbonyl (C=O) groups is 1. The number of likely N-dealkylation sites (N-methyl/N-ethyl adjacent to an activating group) is 1. The van der Waals surface area contributed by atoms with Crippen molar-refractivity contribution in [3.8, 4) is 0 Å². The molecule has 6 heteroatoms. The van der Waals surface area contributed by atoms with Crippen molar-refractivity contribution in [1.82, 2.24) is 15.1 Å². The van der Waals surface area contributed by atoms with Gasteiger partial charge in [0.1, 0.15) is 6.54 Å². The Hall–Kier alpha value is -1.30. The van der Waals surface area contributed by atoms with Crippen molar-refractivity contribution in [1.29, 1.82) is 0 Å². The number of hydrogen-bond donors (Lipinski definition) is 1. The van der Waals surface area contributed by atoms with Crippen LogP contribution in [0, 0.1) is 11.8 Å². The summed E-state index contributed by atoms with van der Waals surface area (Å²) in [5.74, 6) is 1.96. The predicted molar refractivity (Wildman–Crippen MR) is 90.0 cm³/mol. The van der Waals surface area contributed by atoms with Crippen molar-refractivity contribution in [3.05, 3.63) is 0 Å². The Labute approximate surface area is 134 Å². The SMILES string of the molecule is CCOCC1CCN(C(=NCC(=O)N(C)C)NCC(C)C)C1. The summed E-state index contributed by atoms with van der Waals surface area (Å²) in [7, 11) is 3.51. The number of carbonyl (C=O) groups excluding carboxylic acids is 1. The predicted octanol–water partition coefficient (Wildman–Crippen LogP) is 1.03. The molecule has 0 aromatic carbocycles. The van der Waals surface area contributed by atoms with Gasteiger partial charge in [-0.25, -0.2) is 4.99 Å². The number of nitrogens with zero attached hydrogens (tertiary/aromatic N) is 3. The van der Waals surface area contributed by atoms with Crippen molar-refractivity contribution in [2.75, 3.05) is 53.5 Å². The van der Waals surface area contributed by atoms with Gasteiger partial charge in [0, 0.05) is 46.3 Å². The van der Waals surface area contributed by atoms with Gasteiger partial charge in [0.2, 0.25) is 5.91 Å². The van der Waals surface area contributed by atoms with Crippen molar-refractivity contribution >= 4 is 11.9 Å². The van der Waals surface area contributed by atoms with Crippen LogP contribution in [0.1, 0.15) is 27.2 Å². The van der Waals surface area contributed by atoms with Crippen LogP contribution in [0.3, 0.4) is 0 Å². The molecule has 22 heavy (non-hydrogen) atoms. The van der Waals surface area contributed by atoms with Crippen LogP contribution in [0.4, 0.5) is 0 Å². The molecule has 0 aliphatic carbocycles. The normalized spacial score (nSPS) is 18.9. The Morgan fingerprint density at radius 3 is 2.77 bits per heavy atom. The van der Waals surface area contributed by atoms with E-state index in [0.29, 0.717) is 11.8 Å². The molecule has 1 amide bonds. The zero-order valence-electron chi connectivity index (χ0n) is 14.8. The molecule has 0 radical (unpaired) electrons. The van der Waals surface area contributed by atoms with Gasteiger partial charge in [-0.3, -0.25) is 4.79 Å². The highest BCUT2D eigenvalue weighted by atomic mass is 16.5. The summed E-state index contributed by atoms with van der Waals surface area (Å²) in [6.45, 7) is 10.9. The van der Waals surface area contributed by atoms with E-state index in [0.717, 1.165) is 45.2 Å². The summed E-state index contributed by atoms with van der Waals surface area (Å²) in [4.78, 5) is 20.1. The number of ether oxygens (including phenoxy) is 1. The molecule has 0 aromatic heterocycles. The van der Waals surface area contributed by atoms with Crippen molar-refractivity contribution in [2.24, 2.45) is 16.8 Å². The molecule has 1 atom stereocenters. The smallest absolute Gasteiger partial charge is 0.243 e. The molecule has 0 saturated carbocycles. The van der Waals surface area contributed by atoms with Crippen LogP contribution < -0.4 is 5.32 Å². The molecule has 1 unspecified atom stereocenters. The summed E-state index contributed by atoms with van der Waals surface area (Å²) < 4.78 is 5.53. The second-order valence-electron chi connectivity index (χ2n) is 6.46. The van der Waals surface area contributed by atoms with E-state index in [9.17, 15) is 4.79 Å². The van der Waals surface area contributed by atoms with E-state index in [1.54, 1.807) is 19.0 Å². The molecule has 6 nitrogen and oxygen atoms in total. The van der Waals surface area contributed by atoms with Crippen LogP contribution in [0.5, 0.6) is 0 Å². The summed E-state index contributed by atoms with van der Waals surface area (Å²) in [5.41, 5.74) is 0. The molecule has 0 aromatic rings. The number of guanidine groups is 1. The average molecular weight is 312 g/mol. The lowest BCUT2D eigenvalue weighted by Gasteiger charge is -2.23. The highest BCUT2D eigenvalue weighted by molar-refractivity contribution is 5.85. The lowest BCUT2D eigenvalue weighted by atomic mass is 10.1. The van der Waals surface area contributed by atoms with Crippen molar-refractivity contribution in [3.63, 3.8) is 0 Å². The second kappa shape index (κ2) is 9.66. The molecule has 1 N–H and O–H groups in total. The molecule has 1 rings (SSSR count). The van der Waals surface area contributed by atoms with Gasteiger partial charge in [-0.1, -0.05) is 13.8 Å². The minimum Gasteiger partial charge on any atom is -0.381 e. The maximum Gasteiger partial charge on any atom is 0.243 e. The fraction of sp³-hybridized carbons (Fsp3) is 0.875. The third-order valence-corrected chi connectivity index (χ3v) is 3.67. The number of rotatable bonds is 7. The van der Waals surface area contributed by atoms with Gasteiger partial charge in [0.25, 0.3) is 0 Å². The van der Waals surface area contributed by atoms with Crippen LogP contribution in [0.2, 0.25) is 0 Å². The standard InChI is InChI=1S/C16H32N4O2/c1-6-22-12-14-7-8-20(11-14)16(17-9-13(2)3)18-10-15(21)19(4)5/h13-14H,6-12H2,1-5H3,(H,17,18). The monoisotopic (exact) mass is 312 g/mol. The Morgan fingerprint density at radius 1 is 1.45 bits per heavy atom. The minimum atomic E-state index is 0.0221. The van der Waals surface area contributed by atoms with Crippen LogP contribution in [-0.4, -0.2) is 75.2 Å². The first kappa shape index (κ1) is 18.7. The van der Waals surface area contributed by atoms with Crippen LogP contribution >= 0.6 is 0 Å². The first-order chi connectivity index (χ1) is 10.4. The maximum atomic E-state index is 11.8. The molecule has 1 fully saturated rings. The van der Waals surface area contributed by atoms with E-state index >= 15 is 0 Å². The number of nitrogens with one attached hydrogen (secondary N) is 1. The number of aliphatic imine (C=N–C) groups is 1. The molecular formula is C16H32N4O2. The fourth-order valence-corrected chi connectivity index (χ4v) is 2.29. The third kappa shape index (κ3) is 6.64. The van der Waals surface area contributed by atoms with E-state index in [-0.39, 0.29) is 12.5 Å². The van der Waals surface area contributed by atoms with Crippen molar-refractivity contribution in [2.45, 2.75) is 27.2 Å². The molecule has 128 valence electrons. The number of amides is 1. The molecule has 1 aliphatic rings. The zero-order chi connectivity index (χ0) is 16.5. The van der Waals surface area contributed by atoms with E-state index in [1.165, 1.54) is 0 Å². The van der Waals surface area contributed by atoms with Gasteiger partial charge in [-0.2, -0.15) is 0 Å². The molecule has 1 saturated heterocycles. The lowest BCUT2D eigenvalue weighted by Crippen LogP contribution is -2.42. The topological polar surface area (TPSA) is 57.2 Å². The summed E-state index contributed by atoms with van der Waals surface area (Å²) in [5, 5.41) is 3.40. The van der Waals surface area contributed by atoms with E-state index in [4.69, 9.17) is 4.74 Å². The van der Waals surface area contributed by atoms with Crippen LogP contribution in [0.15, 0.2) is 4.99 Å². The zero-order valence-corrected chi connectivity index (χ0v) is 14.8. The summed E-state index contributed by atoms with van der Waals surface area (Å²) >= 11 is 0. The van der Waals surface area contributed by atoms with Gasteiger partial charge < -0.3 is 19.9 Å². The summed E-state index contributed by atoms with van der Waals surface area (Å²) in [6, 6.07) is 0. The lowest BCUT2D eigenvalue weighted by molar-refractivity contribution is -0.127. The largest absolute Gasteiger partial charge is 0.381 e. The van der Waals surface area contributed by atoms with Gasteiger partial charge >= 0.3 is 0 Å². The molecular weight excluding hydrogens is 280 g/mol. The molecule has 1 aliphatic heterocycles. The van der Waals surface area contributed by atoms with Gasteiger partial charge in [-0.05, 0) is 19.3 Å². The molecule has 0 spiro atoms. The Morgan fingerprint density at radius 2 is 2.18 bits per heavy atom. The second-order valence-corrected chi connectivity index (χ2v) is 6.46. The number of likely N-dealkylation sites (tertiary alicyclic amines) is 1. The first-order valence-corrected chi connectivity index (χ1v) is 8.25. The number of hydrogen-bond acceptors (Lipinski definition) is 3. The Balaban J connectivity index is 2.61. The van der Waals surface area contributed by atoms with E-state index in [2.05, 4.69) is 29.1 Å². The van der Waals surface area contributed by atoms with E-state index in [1.807, 2.05) is 6.92 Å². The minimum absolute atomic E-state index is 0.0221. The van der Waals surface area contributed by atoms with Crippen molar-refractivity contribution < 1.29 is 9.53 Å². The average Bonchev–Trinajstić information content (AvgIpc) is 2.93. The quantitative estimate of drug-likeness (QED) is 0.564. The molecule has 1 heterocycles. The van der Waals surface area contributed by atoms with Gasteiger partial charge in [0.05, 0.1) is 6.61 Å². The van der Waals surface area contributed by atoms with E-state index < -0.39 is 0 Å². The van der Waals surface area contributed by atoms with Gasteiger partial charge in [0.15, 0.2) is 5.96 Å². The Kier molecular flexibility index (Phi) is 8.24. The van der Waals surface area contributed by atoms with Gasteiger partial charge in [-0.15, -0.1) is 0 Å². The maximum absolute atomic E-state index is 11.8.